The van der Waals surface area contributed by atoms with Gasteiger partial charge in [-0.25, -0.2) is 15.0 Å². The molecule has 10 rings (SSSR count). The minimum Gasteiger partial charge on any atom is -0.396 e. The van der Waals surface area contributed by atoms with Crippen LogP contribution in [0.1, 0.15) is 24.0 Å². The summed E-state index contributed by atoms with van der Waals surface area (Å²) < 4.78 is 0. The quantitative estimate of drug-likeness (QED) is 0.148. The van der Waals surface area contributed by atoms with Gasteiger partial charge in [0.05, 0.1) is 33.8 Å². The van der Waals surface area contributed by atoms with Crippen LogP contribution in [0, 0.1) is 0 Å². The standard InChI is InChI=1S/C56H41N5/c1-37(38-14-5-2-6-15-38)25-26-43-31-32-48-49(35-50(59-55(48)53(43)57)40-16-7-3-8-17-40)39-27-29-42(30-28-39)52-36-51(41-18-9-4-10-19-41)60-56(61-52)46-22-11-21-45(34-46)47-24-12-20-44-23-13-33-58-54(44)47/h2-37H,57H2,1H3/b26-25-. The van der Waals surface area contributed by atoms with Crippen molar-refractivity contribution in [1.29, 1.82) is 0 Å². The van der Waals surface area contributed by atoms with Crippen molar-refractivity contribution < 1.29 is 0 Å². The average Bonchev–Trinajstić information content (AvgIpc) is 3.34. The minimum absolute atomic E-state index is 0.237. The van der Waals surface area contributed by atoms with Crippen LogP contribution in [0.3, 0.4) is 0 Å². The number of rotatable bonds is 9. The molecule has 5 heteroatoms. The Morgan fingerprint density at radius 3 is 1.77 bits per heavy atom. The zero-order valence-electron chi connectivity index (χ0n) is 33.7. The van der Waals surface area contributed by atoms with E-state index in [1.54, 1.807) is 0 Å². The van der Waals surface area contributed by atoms with Crippen molar-refractivity contribution in [3.05, 3.63) is 218 Å². The summed E-state index contributed by atoms with van der Waals surface area (Å²) in [5, 5.41) is 2.10. The molecular weight excluding hydrogens is 743 g/mol. The molecular formula is C56H41N5. The molecule has 0 spiro atoms. The van der Waals surface area contributed by atoms with E-state index in [4.69, 9.17) is 25.7 Å². The molecule has 290 valence electrons. The van der Waals surface area contributed by atoms with Crippen LogP contribution in [0.15, 0.2) is 206 Å². The van der Waals surface area contributed by atoms with Gasteiger partial charge < -0.3 is 5.73 Å². The van der Waals surface area contributed by atoms with E-state index < -0.39 is 0 Å². The molecule has 2 N–H and O–H groups in total. The van der Waals surface area contributed by atoms with E-state index in [1.165, 1.54) is 5.56 Å². The Labute approximate surface area is 355 Å². The number of aromatic nitrogens is 4. The minimum atomic E-state index is 0.237. The second-order valence-corrected chi connectivity index (χ2v) is 15.3. The monoisotopic (exact) mass is 783 g/mol. The van der Waals surface area contributed by atoms with Crippen molar-refractivity contribution in [3.63, 3.8) is 0 Å². The highest BCUT2D eigenvalue weighted by Gasteiger charge is 2.16. The van der Waals surface area contributed by atoms with Crippen molar-refractivity contribution in [2.24, 2.45) is 0 Å². The van der Waals surface area contributed by atoms with Crippen LogP contribution in [-0.2, 0) is 0 Å². The SMILES string of the molecule is CC(/C=C\c1ccc2c(-c3ccc(-c4cc(-c5ccccc5)nc(-c5cccc(-c6cccc7cccnc67)c5)n4)cc3)cc(-c3ccccc3)nc2c1N)c1ccccc1. The maximum Gasteiger partial charge on any atom is 0.160 e. The number of hydrogen-bond acceptors (Lipinski definition) is 5. The number of nitrogens with two attached hydrogens (primary N) is 1. The molecule has 3 aromatic heterocycles. The van der Waals surface area contributed by atoms with Gasteiger partial charge in [0.25, 0.3) is 0 Å². The Balaban J connectivity index is 1.05. The van der Waals surface area contributed by atoms with Crippen molar-refractivity contribution in [1.82, 2.24) is 19.9 Å². The van der Waals surface area contributed by atoms with E-state index >= 15 is 0 Å². The molecule has 5 nitrogen and oxygen atoms in total. The fourth-order valence-corrected chi connectivity index (χ4v) is 8.05. The Bertz CT molecular complexity index is 3190. The summed E-state index contributed by atoms with van der Waals surface area (Å²) in [7, 11) is 0. The largest absolute Gasteiger partial charge is 0.396 e. The molecule has 0 fully saturated rings. The van der Waals surface area contributed by atoms with Gasteiger partial charge >= 0.3 is 0 Å². The molecule has 0 aliphatic carbocycles. The lowest BCUT2D eigenvalue weighted by Gasteiger charge is -2.14. The van der Waals surface area contributed by atoms with E-state index in [0.29, 0.717) is 11.5 Å². The van der Waals surface area contributed by atoms with Crippen LogP contribution in [0.2, 0.25) is 0 Å². The summed E-state index contributed by atoms with van der Waals surface area (Å²) in [6, 6.07) is 67.0. The van der Waals surface area contributed by atoms with Crippen LogP contribution in [0.25, 0.3) is 95.3 Å². The molecule has 0 radical (unpaired) electrons. The highest BCUT2D eigenvalue weighted by atomic mass is 14.9. The first-order valence-electron chi connectivity index (χ1n) is 20.6. The van der Waals surface area contributed by atoms with E-state index in [-0.39, 0.29) is 5.92 Å². The summed E-state index contributed by atoms with van der Waals surface area (Å²) in [5.74, 6) is 0.892. The van der Waals surface area contributed by atoms with E-state index in [2.05, 4.69) is 165 Å². The van der Waals surface area contributed by atoms with Gasteiger partial charge in [-0.3, -0.25) is 4.98 Å². The first-order valence-corrected chi connectivity index (χ1v) is 20.6. The molecule has 0 saturated carbocycles. The molecule has 3 heterocycles. The topological polar surface area (TPSA) is 77.6 Å². The van der Waals surface area contributed by atoms with Gasteiger partial charge in [-0.1, -0.05) is 189 Å². The number of nitrogen functional groups attached to an aromatic ring is 1. The first kappa shape index (κ1) is 37.3. The van der Waals surface area contributed by atoms with Crippen molar-refractivity contribution in [3.8, 4) is 67.4 Å². The zero-order chi connectivity index (χ0) is 41.1. The van der Waals surface area contributed by atoms with Crippen LogP contribution in [-0.4, -0.2) is 19.9 Å². The number of hydrogen-bond donors (Lipinski definition) is 1. The van der Waals surface area contributed by atoms with Gasteiger partial charge in [-0.15, -0.1) is 0 Å². The summed E-state index contributed by atoms with van der Waals surface area (Å²) >= 11 is 0. The molecule has 0 saturated heterocycles. The molecule has 0 bridgehead atoms. The predicted octanol–water partition coefficient (Wildman–Crippen LogP) is 14.0. The fraction of sp³-hybridized carbons (Fsp3) is 0.0357. The van der Waals surface area contributed by atoms with Gasteiger partial charge in [0.1, 0.15) is 0 Å². The van der Waals surface area contributed by atoms with Crippen molar-refractivity contribution in [2.45, 2.75) is 12.8 Å². The van der Waals surface area contributed by atoms with Gasteiger partial charge in [-0.05, 0) is 58.0 Å². The Hall–Kier alpha value is -8.02. The zero-order valence-corrected chi connectivity index (χ0v) is 33.7. The molecule has 0 aliphatic rings. The molecule has 0 amide bonds. The molecule has 10 aromatic rings. The van der Waals surface area contributed by atoms with Crippen LogP contribution in [0.5, 0.6) is 0 Å². The third-order valence-electron chi connectivity index (χ3n) is 11.4. The Morgan fingerprint density at radius 1 is 0.459 bits per heavy atom. The summed E-state index contributed by atoms with van der Waals surface area (Å²) in [4.78, 5) is 20.3. The number of anilines is 1. The van der Waals surface area contributed by atoms with Crippen LogP contribution in [0.4, 0.5) is 5.69 Å². The summed E-state index contributed by atoms with van der Waals surface area (Å²) in [6.45, 7) is 2.20. The van der Waals surface area contributed by atoms with Gasteiger partial charge in [0.15, 0.2) is 5.82 Å². The Kier molecular flexibility index (Phi) is 9.97. The summed E-state index contributed by atoms with van der Waals surface area (Å²) in [6.07, 6.45) is 6.17. The molecule has 7 aromatic carbocycles. The second-order valence-electron chi connectivity index (χ2n) is 15.3. The molecule has 61 heavy (non-hydrogen) atoms. The average molecular weight is 784 g/mol. The third kappa shape index (κ3) is 7.57. The fourth-order valence-electron chi connectivity index (χ4n) is 8.05. The van der Waals surface area contributed by atoms with Gasteiger partial charge in [0.2, 0.25) is 0 Å². The molecule has 0 aliphatic heterocycles. The first-order chi connectivity index (χ1) is 30.1. The highest BCUT2D eigenvalue weighted by Crippen LogP contribution is 2.38. The van der Waals surface area contributed by atoms with Gasteiger partial charge in [-0.2, -0.15) is 0 Å². The maximum absolute atomic E-state index is 7.00. The smallest absolute Gasteiger partial charge is 0.160 e. The third-order valence-corrected chi connectivity index (χ3v) is 11.4. The number of pyridine rings is 2. The normalized spacial score (nSPS) is 12.0. The lowest BCUT2D eigenvalue weighted by molar-refractivity contribution is 0.973. The lowest BCUT2D eigenvalue weighted by Crippen LogP contribution is -1.98. The summed E-state index contributed by atoms with van der Waals surface area (Å²) in [5.41, 5.74) is 22.4. The van der Waals surface area contributed by atoms with Crippen molar-refractivity contribution >= 4 is 33.6 Å². The second kappa shape index (κ2) is 16.3. The molecule has 1 atom stereocenters. The number of benzene rings is 7. The highest BCUT2D eigenvalue weighted by molar-refractivity contribution is 6.04. The van der Waals surface area contributed by atoms with Crippen LogP contribution < -0.4 is 5.73 Å². The maximum atomic E-state index is 7.00. The van der Waals surface area contributed by atoms with E-state index in [0.717, 1.165) is 89.0 Å². The number of allylic oxidation sites excluding steroid dienone is 1. The Morgan fingerprint density at radius 2 is 1.05 bits per heavy atom. The van der Waals surface area contributed by atoms with Crippen LogP contribution >= 0.6 is 0 Å². The molecule has 1 unspecified atom stereocenters. The number of fused-ring (bicyclic) bond motifs is 2. The number of nitrogens with zero attached hydrogens (tertiary/aromatic N) is 4. The van der Waals surface area contributed by atoms with E-state index in [9.17, 15) is 0 Å². The lowest BCUT2D eigenvalue weighted by atomic mass is 9.94. The number of para-hydroxylation sites is 1. The van der Waals surface area contributed by atoms with E-state index in [1.807, 2.05) is 54.7 Å². The van der Waals surface area contributed by atoms with Crippen molar-refractivity contribution in [2.75, 3.05) is 5.73 Å². The van der Waals surface area contributed by atoms with Gasteiger partial charge in [0, 0.05) is 44.8 Å². The predicted molar refractivity (Wildman–Crippen MR) is 254 cm³/mol.